The van der Waals surface area contributed by atoms with Gasteiger partial charge in [0.25, 0.3) is 6.43 Å². The summed E-state index contributed by atoms with van der Waals surface area (Å²) in [5.41, 5.74) is -0.339. The van der Waals surface area contributed by atoms with Crippen LogP contribution in [0.2, 0.25) is 0 Å². The quantitative estimate of drug-likeness (QED) is 0.424. The number of rotatable bonds is 7. The van der Waals surface area contributed by atoms with E-state index >= 15 is 0 Å². The zero-order valence-corrected chi connectivity index (χ0v) is 21.6. The Balaban J connectivity index is 1.79. The van der Waals surface area contributed by atoms with Gasteiger partial charge in [0.15, 0.2) is 5.65 Å². The molecule has 0 unspecified atom stereocenters. The highest BCUT2D eigenvalue weighted by molar-refractivity contribution is 5.88. The summed E-state index contributed by atoms with van der Waals surface area (Å²) in [6.45, 7) is 9.17. The van der Waals surface area contributed by atoms with E-state index in [4.69, 9.17) is 4.74 Å². The SMILES string of the molecule is COc1nc2nc(C)nc(N[C@H](C)c3cccc(C(F)F)c3F)c2cc1C1(C#N)CCN(C(C)C)CC1. The van der Waals surface area contributed by atoms with E-state index < -0.39 is 29.3 Å². The molecular weight excluding hydrogens is 481 g/mol. The number of nitrogens with zero attached hydrogens (tertiary/aromatic N) is 5. The first-order valence-electron chi connectivity index (χ1n) is 12.3. The summed E-state index contributed by atoms with van der Waals surface area (Å²) < 4.78 is 47.0. The number of aromatic nitrogens is 3. The molecule has 0 aliphatic carbocycles. The maximum absolute atomic E-state index is 14.8. The van der Waals surface area contributed by atoms with E-state index in [1.54, 1.807) is 13.8 Å². The topological polar surface area (TPSA) is 87.0 Å². The Morgan fingerprint density at radius 1 is 1.11 bits per heavy atom. The first-order valence-corrected chi connectivity index (χ1v) is 12.3. The number of anilines is 1. The summed E-state index contributed by atoms with van der Waals surface area (Å²) in [6.07, 6.45) is -1.69. The molecule has 7 nitrogen and oxygen atoms in total. The summed E-state index contributed by atoms with van der Waals surface area (Å²) in [6, 6.07) is 8.01. The molecule has 0 spiro atoms. The molecule has 0 amide bonds. The number of nitrogens with one attached hydrogen (secondary N) is 1. The van der Waals surface area contributed by atoms with E-state index in [1.165, 1.54) is 19.2 Å². The number of pyridine rings is 1. The number of fused-ring (bicyclic) bond motifs is 1. The Morgan fingerprint density at radius 2 is 1.78 bits per heavy atom. The average Bonchev–Trinajstić information content (AvgIpc) is 2.87. The molecule has 196 valence electrons. The molecule has 3 heterocycles. The highest BCUT2D eigenvalue weighted by atomic mass is 19.3. The first-order chi connectivity index (χ1) is 17.6. The molecular formula is C27H31F3N6O. The Morgan fingerprint density at radius 3 is 2.38 bits per heavy atom. The van der Waals surface area contributed by atoms with Crippen LogP contribution in [-0.2, 0) is 5.41 Å². The summed E-state index contributed by atoms with van der Waals surface area (Å²) in [7, 11) is 1.51. The van der Waals surface area contributed by atoms with E-state index in [0.717, 1.165) is 19.2 Å². The third kappa shape index (κ3) is 5.05. The molecule has 4 rings (SSSR count). The fourth-order valence-corrected chi connectivity index (χ4v) is 4.97. The van der Waals surface area contributed by atoms with Crippen LogP contribution in [0.1, 0.15) is 68.6 Å². The second-order valence-corrected chi connectivity index (χ2v) is 9.78. The van der Waals surface area contributed by atoms with Crippen LogP contribution in [0.4, 0.5) is 19.0 Å². The average molecular weight is 513 g/mol. The molecule has 1 atom stereocenters. The fourth-order valence-electron chi connectivity index (χ4n) is 4.97. The van der Waals surface area contributed by atoms with Crippen LogP contribution in [0, 0.1) is 24.1 Å². The third-order valence-electron chi connectivity index (χ3n) is 7.18. The standard InChI is InChI=1S/C27H31F3N6O/c1-15(2)36-11-9-27(14-31,10-12-36)21-13-20-24(33-17(4)34-25(20)35-26(21)37-5)32-16(3)18-7-6-8-19(22(18)28)23(29)30/h6-8,13,15-16,23H,9-12H2,1-5H3,(H,32,33,34,35)/t16-/m1/s1. The highest BCUT2D eigenvalue weighted by Gasteiger charge is 2.40. The van der Waals surface area contributed by atoms with Gasteiger partial charge in [0, 0.05) is 30.3 Å². The van der Waals surface area contributed by atoms with Crippen molar-refractivity contribution in [1.82, 2.24) is 19.9 Å². The van der Waals surface area contributed by atoms with Gasteiger partial charge in [0.05, 0.1) is 35.6 Å². The third-order valence-corrected chi connectivity index (χ3v) is 7.18. The zero-order chi connectivity index (χ0) is 26.9. The Kier molecular flexibility index (Phi) is 7.55. The Hall–Kier alpha value is -3.45. The van der Waals surface area contributed by atoms with Crippen molar-refractivity contribution in [3.8, 4) is 11.9 Å². The number of nitriles is 1. The zero-order valence-electron chi connectivity index (χ0n) is 21.6. The van der Waals surface area contributed by atoms with Crippen molar-refractivity contribution in [3.63, 3.8) is 0 Å². The van der Waals surface area contributed by atoms with E-state index in [0.29, 0.717) is 53.0 Å². The molecule has 10 heteroatoms. The van der Waals surface area contributed by atoms with Crippen molar-refractivity contribution in [2.75, 3.05) is 25.5 Å². The molecule has 1 aromatic carbocycles. The van der Waals surface area contributed by atoms with Crippen LogP contribution in [0.15, 0.2) is 24.3 Å². The first kappa shape index (κ1) is 26.6. The van der Waals surface area contributed by atoms with Gasteiger partial charge in [-0.1, -0.05) is 18.2 Å². The molecule has 0 bridgehead atoms. The Bertz CT molecular complexity index is 1330. The van der Waals surface area contributed by atoms with Crippen molar-refractivity contribution in [2.24, 2.45) is 0 Å². The molecule has 1 fully saturated rings. The fraction of sp³-hybridized carbons (Fsp3) is 0.481. The molecule has 37 heavy (non-hydrogen) atoms. The lowest BCUT2D eigenvalue weighted by Gasteiger charge is -2.39. The molecule has 1 aliphatic rings. The van der Waals surface area contributed by atoms with Crippen LogP contribution < -0.4 is 10.1 Å². The molecule has 3 aromatic rings. The maximum Gasteiger partial charge on any atom is 0.266 e. The summed E-state index contributed by atoms with van der Waals surface area (Å²) in [5, 5.41) is 14.0. The van der Waals surface area contributed by atoms with Crippen molar-refractivity contribution >= 4 is 16.9 Å². The summed E-state index contributed by atoms with van der Waals surface area (Å²) >= 11 is 0. The van der Waals surface area contributed by atoms with E-state index in [9.17, 15) is 18.4 Å². The van der Waals surface area contributed by atoms with Crippen molar-refractivity contribution in [3.05, 3.63) is 52.6 Å². The van der Waals surface area contributed by atoms with Crippen LogP contribution in [0.5, 0.6) is 5.88 Å². The molecule has 1 N–H and O–H groups in total. The van der Waals surface area contributed by atoms with E-state index in [1.807, 2.05) is 6.07 Å². The van der Waals surface area contributed by atoms with Crippen LogP contribution in [0.3, 0.4) is 0 Å². The molecule has 1 aliphatic heterocycles. The van der Waals surface area contributed by atoms with Gasteiger partial charge in [-0.3, -0.25) is 0 Å². The number of ether oxygens (including phenoxy) is 1. The minimum Gasteiger partial charge on any atom is -0.481 e. The summed E-state index contributed by atoms with van der Waals surface area (Å²) in [5.74, 6) is 0.181. The molecule has 0 saturated carbocycles. The van der Waals surface area contributed by atoms with E-state index in [-0.39, 0.29) is 5.56 Å². The van der Waals surface area contributed by atoms with Gasteiger partial charge in [-0.05, 0) is 46.6 Å². The number of piperidine rings is 1. The van der Waals surface area contributed by atoms with Crippen LogP contribution >= 0.6 is 0 Å². The lowest BCUT2D eigenvalue weighted by molar-refractivity contribution is 0.146. The van der Waals surface area contributed by atoms with Gasteiger partial charge in [-0.2, -0.15) is 10.2 Å². The van der Waals surface area contributed by atoms with Gasteiger partial charge < -0.3 is 15.0 Å². The summed E-state index contributed by atoms with van der Waals surface area (Å²) in [4.78, 5) is 15.9. The number of aryl methyl sites for hydroxylation is 1. The second-order valence-electron chi connectivity index (χ2n) is 9.78. The van der Waals surface area contributed by atoms with Gasteiger partial charge in [-0.25, -0.2) is 23.1 Å². The second kappa shape index (κ2) is 10.5. The molecule has 1 saturated heterocycles. The van der Waals surface area contributed by atoms with Crippen molar-refractivity contribution in [2.45, 2.75) is 64.5 Å². The van der Waals surface area contributed by atoms with Gasteiger partial charge in [0.2, 0.25) is 5.88 Å². The predicted molar refractivity (Wildman–Crippen MR) is 135 cm³/mol. The number of benzene rings is 1. The van der Waals surface area contributed by atoms with Crippen LogP contribution in [-0.4, -0.2) is 46.1 Å². The van der Waals surface area contributed by atoms with Crippen LogP contribution in [0.25, 0.3) is 11.0 Å². The minimum absolute atomic E-state index is 0.0958. The van der Waals surface area contributed by atoms with Gasteiger partial charge in [0.1, 0.15) is 17.5 Å². The normalized spacial score (nSPS) is 16.7. The van der Waals surface area contributed by atoms with Gasteiger partial charge >= 0.3 is 0 Å². The molecule has 0 radical (unpaired) electrons. The van der Waals surface area contributed by atoms with Gasteiger partial charge in [-0.15, -0.1) is 0 Å². The smallest absolute Gasteiger partial charge is 0.266 e. The van der Waals surface area contributed by atoms with Crippen molar-refractivity contribution < 1.29 is 17.9 Å². The maximum atomic E-state index is 14.8. The molecule has 2 aromatic heterocycles. The minimum atomic E-state index is -2.92. The van der Waals surface area contributed by atoms with Crippen molar-refractivity contribution in [1.29, 1.82) is 5.26 Å². The number of halogens is 3. The highest BCUT2D eigenvalue weighted by Crippen LogP contribution is 2.42. The number of hydrogen-bond donors (Lipinski definition) is 1. The lowest BCUT2D eigenvalue weighted by atomic mass is 9.74. The number of hydrogen-bond acceptors (Lipinski definition) is 7. The Labute approximate surface area is 214 Å². The lowest BCUT2D eigenvalue weighted by Crippen LogP contribution is -2.44. The number of likely N-dealkylation sites (tertiary alicyclic amines) is 1. The largest absolute Gasteiger partial charge is 0.481 e. The predicted octanol–water partition coefficient (Wildman–Crippen LogP) is 5.86. The number of alkyl halides is 2. The monoisotopic (exact) mass is 512 g/mol. The number of methoxy groups -OCH3 is 1. The van der Waals surface area contributed by atoms with E-state index in [2.05, 4.69) is 45.1 Å².